The Hall–Kier alpha value is -1.62. The van der Waals surface area contributed by atoms with Crippen LogP contribution in [0.15, 0.2) is 18.2 Å². The summed E-state index contributed by atoms with van der Waals surface area (Å²) in [6.45, 7) is 3.21. The van der Waals surface area contributed by atoms with Gasteiger partial charge in [0.2, 0.25) is 5.91 Å². The van der Waals surface area contributed by atoms with Crippen LogP contribution in [0.1, 0.15) is 15.9 Å². The molecule has 1 heterocycles. The van der Waals surface area contributed by atoms with Gasteiger partial charge in [0.25, 0.3) is 0 Å². The molecule has 0 aromatic heterocycles. The first-order valence-electron chi connectivity index (χ1n) is 6.16. The summed E-state index contributed by atoms with van der Waals surface area (Å²) in [7, 11) is 0. The molecule has 1 saturated heterocycles. The second kappa shape index (κ2) is 5.82. The van der Waals surface area contributed by atoms with E-state index in [0.717, 1.165) is 37.4 Å². The largest absolute Gasteiger partial charge is 0.369 e. The summed E-state index contributed by atoms with van der Waals surface area (Å²) in [4.78, 5) is 13.4. The number of halogens is 1. The van der Waals surface area contributed by atoms with E-state index in [1.807, 2.05) is 6.07 Å². The molecule has 1 aromatic rings. The van der Waals surface area contributed by atoms with Crippen molar-refractivity contribution in [2.75, 3.05) is 37.8 Å². The van der Waals surface area contributed by atoms with Crippen LogP contribution in [-0.4, -0.2) is 38.8 Å². The Morgan fingerprint density at radius 2 is 2.11 bits per heavy atom. The van der Waals surface area contributed by atoms with Gasteiger partial charge in [0.1, 0.15) is 0 Å². The van der Waals surface area contributed by atoms with Crippen molar-refractivity contribution in [1.29, 1.82) is 0 Å². The quantitative estimate of drug-likeness (QED) is 0.828. The van der Waals surface area contributed by atoms with Crippen LogP contribution >= 0.6 is 0 Å². The van der Waals surface area contributed by atoms with E-state index in [0.29, 0.717) is 12.0 Å². The lowest BCUT2D eigenvalue weighted by Gasteiger charge is -2.31. The number of anilines is 1. The lowest BCUT2D eigenvalue weighted by molar-refractivity contribution is 0.1000. The van der Waals surface area contributed by atoms with E-state index >= 15 is 0 Å². The number of nitrogens with zero attached hydrogens (tertiary/aromatic N) is 1. The molecular formula is C13H18FN3O. The molecule has 0 unspecified atom stereocenters. The maximum Gasteiger partial charge on any atom is 0.248 e. The molecule has 98 valence electrons. The molecule has 3 N–H and O–H groups in total. The minimum absolute atomic E-state index is 0.320. The molecule has 0 saturated carbocycles. The molecule has 1 amide bonds. The number of piperazine rings is 1. The van der Waals surface area contributed by atoms with Crippen LogP contribution in [0.5, 0.6) is 0 Å². The molecule has 0 bridgehead atoms. The molecule has 1 aromatic carbocycles. The molecule has 0 radical (unpaired) electrons. The fraction of sp³-hybridized carbons (Fsp3) is 0.462. The Kier molecular flexibility index (Phi) is 4.15. The van der Waals surface area contributed by atoms with E-state index in [1.54, 1.807) is 12.1 Å². The fourth-order valence-electron chi connectivity index (χ4n) is 2.26. The standard InChI is InChI=1S/C13H18FN3O/c14-4-3-10-9-11(13(15)18)1-2-12(10)17-7-5-16-6-8-17/h1-2,9,16H,3-8H2,(H2,15,18). The molecule has 2 rings (SSSR count). The first-order chi connectivity index (χ1) is 8.72. The van der Waals surface area contributed by atoms with Gasteiger partial charge in [-0.3, -0.25) is 9.18 Å². The minimum Gasteiger partial charge on any atom is -0.369 e. The second-order valence-corrected chi connectivity index (χ2v) is 4.38. The van der Waals surface area contributed by atoms with Crippen LogP contribution in [0.4, 0.5) is 10.1 Å². The van der Waals surface area contributed by atoms with Gasteiger partial charge >= 0.3 is 0 Å². The monoisotopic (exact) mass is 251 g/mol. The average Bonchev–Trinajstić information content (AvgIpc) is 2.40. The first kappa shape index (κ1) is 12.8. The van der Waals surface area contributed by atoms with Gasteiger partial charge in [0.15, 0.2) is 0 Å². The number of rotatable bonds is 4. The van der Waals surface area contributed by atoms with Crippen molar-refractivity contribution in [2.24, 2.45) is 5.73 Å². The molecule has 1 fully saturated rings. The van der Waals surface area contributed by atoms with Crippen LogP contribution in [0.25, 0.3) is 0 Å². The maximum absolute atomic E-state index is 12.6. The highest BCUT2D eigenvalue weighted by Gasteiger charge is 2.15. The predicted octanol–water partition coefficient (Wildman–Crippen LogP) is 0.707. The molecule has 1 aliphatic heterocycles. The van der Waals surface area contributed by atoms with E-state index in [1.165, 1.54) is 0 Å². The summed E-state index contributed by atoms with van der Waals surface area (Å²) in [5.74, 6) is -0.470. The second-order valence-electron chi connectivity index (χ2n) is 4.38. The topological polar surface area (TPSA) is 58.4 Å². The van der Waals surface area contributed by atoms with Gasteiger partial charge in [-0.1, -0.05) is 0 Å². The number of benzene rings is 1. The van der Waals surface area contributed by atoms with Crippen LogP contribution < -0.4 is 16.0 Å². The summed E-state index contributed by atoms with van der Waals surface area (Å²) in [5, 5.41) is 3.28. The zero-order valence-electron chi connectivity index (χ0n) is 10.3. The lowest BCUT2D eigenvalue weighted by Crippen LogP contribution is -2.44. The SMILES string of the molecule is NC(=O)c1ccc(N2CCNCC2)c(CCF)c1. The number of amides is 1. The van der Waals surface area contributed by atoms with Gasteiger partial charge < -0.3 is 16.0 Å². The number of alkyl halides is 1. The molecule has 5 heteroatoms. The zero-order valence-corrected chi connectivity index (χ0v) is 10.3. The van der Waals surface area contributed by atoms with Gasteiger partial charge in [-0.05, 0) is 23.8 Å². The number of aryl methyl sites for hydroxylation is 1. The Morgan fingerprint density at radius 3 is 2.72 bits per heavy atom. The molecular weight excluding hydrogens is 233 g/mol. The summed E-state index contributed by atoms with van der Waals surface area (Å²) >= 11 is 0. The Balaban J connectivity index is 2.29. The van der Waals surface area contributed by atoms with E-state index in [2.05, 4.69) is 10.2 Å². The maximum atomic E-state index is 12.6. The third-order valence-corrected chi connectivity index (χ3v) is 3.19. The van der Waals surface area contributed by atoms with E-state index in [4.69, 9.17) is 5.73 Å². The highest BCUT2D eigenvalue weighted by molar-refractivity contribution is 5.93. The highest BCUT2D eigenvalue weighted by Crippen LogP contribution is 2.23. The third kappa shape index (κ3) is 2.79. The fourth-order valence-corrected chi connectivity index (χ4v) is 2.26. The van der Waals surface area contributed by atoms with Gasteiger partial charge in [-0.25, -0.2) is 0 Å². The van der Waals surface area contributed by atoms with Crippen LogP contribution in [0.2, 0.25) is 0 Å². The predicted molar refractivity (Wildman–Crippen MR) is 69.7 cm³/mol. The molecule has 18 heavy (non-hydrogen) atoms. The number of primary amides is 1. The van der Waals surface area contributed by atoms with Crippen molar-refractivity contribution in [3.8, 4) is 0 Å². The minimum atomic E-state index is -0.470. The molecule has 0 atom stereocenters. The van der Waals surface area contributed by atoms with Crippen LogP contribution in [0, 0.1) is 0 Å². The van der Waals surface area contributed by atoms with E-state index < -0.39 is 12.6 Å². The lowest BCUT2D eigenvalue weighted by atomic mass is 10.0. The number of carbonyl (C=O) groups excluding carboxylic acids is 1. The van der Waals surface area contributed by atoms with Crippen molar-refractivity contribution >= 4 is 11.6 Å². The van der Waals surface area contributed by atoms with Gasteiger partial charge in [0.05, 0.1) is 6.67 Å². The number of carbonyl (C=O) groups is 1. The molecule has 4 nitrogen and oxygen atoms in total. The van der Waals surface area contributed by atoms with Crippen molar-refractivity contribution in [3.05, 3.63) is 29.3 Å². The summed E-state index contributed by atoms with van der Waals surface area (Å²) in [6.07, 6.45) is 0.320. The average molecular weight is 251 g/mol. The summed E-state index contributed by atoms with van der Waals surface area (Å²) in [6, 6.07) is 5.29. The Morgan fingerprint density at radius 1 is 1.39 bits per heavy atom. The third-order valence-electron chi connectivity index (χ3n) is 3.19. The van der Waals surface area contributed by atoms with E-state index in [9.17, 15) is 9.18 Å². The first-order valence-corrected chi connectivity index (χ1v) is 6.16. The summed E-state index contributed by atoms with van der Waals surface area (Å²) in [5.41, 5.74) is 7.56. The Labute approximate surface area is 106 Å². The van der Waals surface area contributed by atoms with Crippen molar-refractivity contribution in [1.82, 2.24) is 5.32 Å². The van der Waals surface area contributed by atoms with Crippen LogP contribution in [0.3, 0.4) is 0 Å². The highest BCUT2D eigenvalue weighted by atomic mass is 19.1. The molecule has 0 spiro atoms. The van der Waals surface area contributed by atoms with E-state index in [-0.39, 0.29) is 0 Å². The number of nitrogens with one attached hydrogen (secondary N) is 1. The summed E-state index contributed by atoms with van der Waals surface area (Å²) < 4.78 is 12.6. The number of hydrogen-bond acceptors (Lipinski definition) is 3. The van der Waals surface area contributed by atoms with Crippen molar-refractivity contribution in [2.45, 2.75) is 6.42 Å². The van der Waals surface area contributed by atoms with Crippen molar-refractivity contribution < 1.29 is 9.18 Å². The van der Waals surface area contributed by atoms with Crippen LogP contribution in [-0.2, 0) is 6.42 Å². The molecule has 0 aliphatic carbocycles. The van der Waals surface area contributed by atoms with Gasteiger partial charge in [0, 0.05) is 43.9 Å². The number of nitrogens with two attached hydrogens (primary N) is 1. The normalized spacial score (nSPS) is 15.7. The van der Waals surface area contributed by atoms with Gasteiger partial charge in [-0.15, -0.1) is 0 Å². The smallest absolute Gasteiger partial charge is 0.248 e. The molecule has 1 aliphatic rings. The van der Waals surface area contributed by atoms with Crippen molar-refractivity contribution in [3.63, 3.8) is 0 Å². The zero-order chi connectivity index (χ0) is 13.0. The Bertz CT molecular complexity index is 430. The number of hydrogen-bond donors (Lipinski definition) is 2. The van der Waals surface area contributed by atoms with Gasteiger partial charge in [-0.2, -0.15) is 0 Å².